The molecule has 3 saturated heterocycles. The van der Waals surface area contributed by atoms with E-state index in [9.17, 15) is 53.4 Å². The molecule has 686 valence electrons. The third-order valence-electron chi connectivity index (χ3n) is 24.9. The molecule has 4 aromatic heterocycles. The summed E-state index contributed by atoms with van der Waals surface area (Å²) in [6, 6.07) is 10.7. The fourth-order valence-electron chi connectivity index (χ4n) is 17.7. The van der Waals surface area contributed by atoms with Gasteiger partial charge in [0.2, 0.25) is 29.5 Å². The third kappa shape index (κ3) is 26.0. The molecule has 6 aliphatic rings. The van der Waals surface area contributed by atoms with E-state index in [1.54, 1.807) is 70.3 Å². The Morgan fingerprint density at radius 2 is 1.51 bits per heavy atom. The number of anilines is 3. The number of oxazole rings is 1. The summed E-state index contributed by atoms with van der Waals surface area (Å²) in [5.74, 6) is -4.26. The van der Waals surface area contributed by atoms with Crippen LogP contribution in [0, 0.1) is 23.7 Å². The van der Waals surface area contributed by atoms with Crippen LogP contribution >= 0.6 is 0 Å². The minimum atomic E-state index is -1.74. The number of likely N-dealkylation sites (N-methyl/N-ethyl adjacent to an activating group) is 1. The van der Waals surface area contributed by atoms with Gasteiger partial charge in [-0.05, 0) is 162 Å². The smallest absolute Gasteiger partial charge is 0.407 e. The molecule has 0 radical (unpaired) electrons. The number of fused-ring (bicyclic) bond motifs is 6. The number of methoxy groups -OCH3 is 2. The molecule has 35 nitrogen and oxygen atoms in total. The summed E-state index contributed by atoms with van der Waals surface area (Å²) in [4.78, 5) is 154. The summed E-state index contributed by atoms with van der Waals surface area (Å²) in [5, 5.41) is 33.7. The number of hydrogen-bond acceptors (Lipinski definition) is 29. The number of benzene rings is 2. The highest BCUT2D eigenvalue weighted by Gasteiger charge is 2.43. The average molecular weight is 1760 g/mol. The van der Waals surface area contributed by atoms with Gasteiger partial charge in [0.05, 0.1) is 76.2 Å². The van der Waals surface area contributed by atoms with E-state index in [-0.39, 0.29) is 144 Å². The predicted molar refractivity (Wildman–Crippen MR) is 471 cm³/mol. The van der Waals surface area contributed by atoms with Crippen molar-refractivity contribution in [2.45, 2.75) is 212 Å². The van der Waals surface area contributed by atoms with E-state index in [0.29, 0.717) is 168 Å². The minimum absolute atomic E-state index is 0.00171. The number of carbonyl (C=O) groups excluding carboxylic acids is 9. The Labute approximate surface area is 740 Å². The van der Waals surface area contributed by atoms with E-state index in [1.165, 1.54) is 17.3 Å². The maximum atomic E-state index is 14.6. The molecule has 1 saturated carbocycles. The van der Waals surface area contributed by atoms with Gasteiger partial charge in [0, 0.05) is 121 Å². The zero-order chi connectivity index (χ0) is 90.4. The highest BCUT2D eigenvalue weighted by atomic mass is 16.6. The first-order chi connectivity index (χ1) is 61.2. The Hall–Kier alpha value is -10.8. The lowest BCUT2D eigenvalue weighted by molar-refractivity contribution is -0.167. The fourth-order valence-corrected chi connectivity index (χ4v) is 17.7. The largest absolute Gasteiger partial charge is 0.460 e. The molecule has 4 fully saturated rings. The standard InChI is InChI=1S/C92H124N16O19/c1-56-15-10-9-11-16-57(2)75(120-7)47-67-17-14-19-74(124-67)84(115)88(117)107-31-13-12-18-70(107)89(118)125-68(46-71(109)58(3)42-60(5)83(114)85(116)82(113)59(4)41-56)25-21-61-22-26-73(76(44-61)121-8)127-92(119)98-50-63-48-96-91(97-49-63)105-35-33-104(34-36-105)79(112)54-103(6)53-77(110)95-30-38-123-40-39-122-37-29-78(111)106-32-28-64-43-62(20-23-66(64)52-106)51-108-87-80(86(93)99-55-100-87)81(102-108)65-24-27-72-69(45-65)101-90(94)126-72/h9-11,15-16,20,23-24,27,42-43,45,48-49,55-56,58-59,61,67-68,70,73-76,83,85,114,116H,12-14,17-19,21-22,25-26,28-41,44,46-47,50-54H2,1-8H3,(H2,94,101)(H,95,110)(H,98,119)(H2,93,99,100)/b11-9?,15-10+,57-16?,60-42+/t56-,58-,59-,61-,67?,68-,70+,73-,74?,75+,76-,83-,85+/m1/s1. The summed E-state index contributed by atoms with van der Waals surface area (Å²) in [6.45, 7) is 13.7. The number of esters is 1. The van der Waals surface area contributed by atoms with Gasteiger partial charge in [0.15, 0.2) is 17.0 Å². The number of nitrogens with one attached hydrogen (secondary N) is 2. The number of piperidine rings is 1. The van der Waals surface area contributed by atoms with Crippen molar-refractivity contribution < 1.29 is 90.9 Å². The number of amides is 5. The molecule has 13 atom stereocenters. The highest BCUT2D eigenvalue weighted by Crippen LogP contribution is 2.37. The van der Waals surface area contributed by atoms with E-state index in [0.717, 1.165) is 27.8 Å². The number of nitrogens with two attached hydrogens (primary N) is 2. The van der Waals surface area contributed by atoms with Crippen LogP contribution in [0.2, 0.25) is 0 Å². The molecule has 5 aliphatic heterocycles. The summed E-state index contributed by atoms with van der Waals surface area (Å²) in [7, 11) is 4.86. The first-order valence-electron chi connectivity index (χ1n) is 44.5. The van der Waals surface area contributed by atoms with Crippen molar-refractivity contribution in [1.29, 1.82) is 0 Å². The van der Waals surface area contributed by atoms with E-state index < -0.39 is 84.0 Å². The molecular weight excluding hydrogens is 1630 g/mol. The molecule has 8 N–H and O–H groups in total. The van der Waals surface area contributed by atoms with Crippen molar-refractivity contribution >= 4 is 93.0 Å². The topological polar surface area (TPSA) is 446 Å². The van der Waals surface area contributed by atoms with Crippen molar-refractivity contribution in [3.63, 3.8) is 0 Å². The summed E-state index contributed by atoms with van der Waals surface area (Å²) >= 11 is 0. The van der Waals surface area contributed by atoms with Crippen LogP contribution < -0.4 is 27.0 Å². The minimum Gasteiger partial charge on any atom is -0.460 e. The molecule has 1 aliphatic carbocycles. The van der Waals surface area contributed by atoms with Crippen molar-refractivity contribution in [3.8, 4) is 11.3 Å². The van der Waals surface area contributed by atoms with Gasteiger partial charge in [-0.2, -0.15) is 10.1 Å². The van der Waals surface area contributed by atoms with Crippen LogP contribution in [-0.2, 0) is 97.6 Å². The second-order valence-corrected chi connectivity index (χ2v) is 34.5. The lowest BCUT2D eigenvalue weighted by Gasteiger charge is -2.37. The Morgan fingerprint density at radius 1 is 0.724 bits per heavy atom. The number of alkyl carbamates (subject to hydrolysis) is 1. The van der Waals surface area contributed by atoms with Gasteiger partial charge < -0.3 is 89.5 Å². The lowest BCUT2D eigenvalue weighted by Crippen LogP contribution is -2.54. The quantitative estimate of drug-likeness (QED) is 0.0142. The van der Waals surface area contributed by atoms with Gasteiger partial charge in [-0.25, -0.2) is 34.2 Å². The number of ether oxygens (including phenoxy) is 7. The Kier molecular flexibility index (Phi) is 34.3. The van der Waals surface area contributed by atoms with Gasteiger partial charge in [-0.15, -0.1) is 0 Å². The second kappa shape index (κ2) is 45.8. The molecule has 35 heteroatoms. The number of hydrogen-bond donors (Lipinski definition) is 6. The number of Topliss-reactive ketones (excluding diaryl/α,β-unsaturated/α-hetero) is 3. The number of aromatic nitrogens is 7. The number of nitrogens with zero attached hydrogens (tertiary/aromatic N) is 12. The SMILES string of the molecule is CO[C@H]1CC2CCCC(O2)C(=O)C(=O)N2CCCC[C@H]2C(=O)O[C@H](CC[C@@H]2CC[C@@H](OC(=O)NCc3cnc(N4CCN(C(=O)CN(C)CC(=O)NCCOCCOCCC(=O)N5CCc6cc(Cn7nc(-c8ccc9oc(N)nc9c8)c8c(N)ncnc87)ccc6C5)CC4)nc3)[C@H](OC)C2)CC(=O)[C@H](C)/C=C(\C)[C@@H](O)[C@@H](O)C(=O)[C@H](C)C[C@H](C)/C=C/C=CC=C1C. The Morgan fingerprint density at radius 3 is 2.29 bits per heavy atom. The van der Waals surface area contributed by atoms with E-state index >= 15 is 0 Å². The van der Waals surface area contributed by atoms with E-state index in [4.69, 9.17) is 54.1 Å². The Balaban J connectivity index is 0.530. The van der Waals surface area contributed by atoms with Crippen LogP contribution in [0.5, 0.6) is 0 Å². The number of rotatable bonds is 25. The van der Waals surface area contributed by atoms with Crippen molar-refractivity contribution in [3.05, 3.63) is 125 Å². The van der Waals surface area contributed by atoms with E-state index in [2.05, 4.69) is 47.7 Å². The van der Waals surface area contributed by atoms with Crippen molar-refractivity contribution in [2.75, 3.05) is 123 Å². The number of ketones is 3. The lowest BCUT2D eigenvalue weighted by atomic mass is 9.81. The number of allylic oxidation sites excluding steroid dienone is 6. The second-order valence-electron chi connectivity index (χ2n) is 34.5. The summed E-state index contributed by atoms with van der Waals surface area (Å²) in [6.07, 6.45) is 14.7. The number of nitrogen functional groups attached to an aromatic ring is 2. The number of aliphatic hydroxyl groups excluding tert-OH is 2. The monoisotopic (exact) mass is 1760 g/mol. The summed E-state index contributed by atoms with van der Waals surface area (Å²) < 4.78 is 49.1. The third-order valence-corrected chi connectivity index (χ3v) is 24.9. The van der Waals surface area contributed by atoms with Crippen LogP contribution in [0.4, 0.5) is 22.6 Å². The van der Waals surface area contributed by atoms with Gasteiger partial charge in [0.25, 0.3) is 11.9 Å². The molecule has 2 bridgehead atoms. The molecule has 9 heterocycles. The van der Waals surface area contributed by atoms with Gasteiger partial charge >= 0.3 is 12.1 Å². The van der Waals surface area contributed by atoms with Gasteiger partial charge in [0.1, 0.15) is 65.7 Å². The molecule has 2 aromatic carbocycles. The molecule has 12 rings (SSSR count). The van der Waals surface area contributed by atoms with Gasteiger partial charge in [-0.1, -0.05) is 75.4 Å². The number of cyclic esters (lactones) is 1. The van der Waals surface area contributed by atoms with Crippen LogP contribution in [0.1, 0.15) is 153 Å². The fraction of sp³-hybridized carbons (Fsp3) is 0.576. The van der Waals surface area contributed by atoms with Crippen LogP contribution in [0.3, 0.4) is 0 Å². The first-order valence-corrected chi connectivity index (χ1v) is 44.5. The predicted octanol–water partition coefficient (Wildman–Crippen LogP) is 7.30. The average Bonchev–Trinajstić information content (AvgIpc) is 1.61. The molecule has 0 spiro atoms. The molecule has 5 amide bonds. The highest BCUT2D eigenvalue weighted by molar-refractivity contribution is 6.38. The molecule has 2 unspecified atom stereocenters. The van der Waals surface area contributed by atoms with Crippen LogP contribution in [0.25, 0.3) is 33.4 Å². The zero-order valence-corrected chi connectivity index (χ0v) is 74.1. The molecule has 127 heavy (non-hydrogen) atoms. The van der Waals surface area contributed by atoms with Gasteiger partial charge in [-0.3, -0.25) is 38.5 Å². The van der Waals surface area contributed by atoms with Crippen molar-refractivity contribution in [1.82, 2.24) is 64.9 Å². The van der Waals surface area contributed by atoms with E-state index in [1.807, 2.05) is 76.9 Å². The Bertz CT molecular complexity index is 4950. The van der Waals surface area contributed by atoms with Crippen LogP contribution in [-0.4, -0.2) is 279 Å². The molecular formula is C92H124N16O19. The number of carbonyl (C=O) groups is 9. The van der Waals surface area contributed by atoms with Crippen LogP contribution in [0.15, 0.2) is 107 Å². The number of aliphatic hydroxyl groups is 2. The zero-order valence-electron chi connectivity index (χ0n) is 74.1. The maximum absolute atomic E-state index is 14.6. The number of piperazine rings is 1. The molecule has 6 aromatic rings. The maximum Gasteiger partial charge on any atom is 0.407 e. The first kappa shape index (κ1) is 95.3. The summed E-state index contributed by atoms with van der Waals surface area (Å²) in [5.41, 5.74) is 20.3. The van der Waals surface area contributed by atoms with Crippen molar-refractivity contribution in [2.24, 2.45) is 23.7 Å². The normalized spacial score (nSPS) is 25.6.